The molecule has 2 aliphatic rings. The molecule has 7 heteroatoms. The Bertz CT molecular complexity index is 641. The van der Waals surface area contributed by atoms with Crippen molar-refractivity contribution in [1.29, 1.82) is 0 Å². The van der Waals surface area contributed by atoms with Crippen LogP contribution in [0.15, 0.2) is 22.7 Å². The molecule has 122 valence electrons. The zero-order valence-electron chi connectivity index (χ0n) is 13.4. The van der Waals surface area contributed by atoms with Gasteiger partial charge in [-0.25, -0.2) is 0 Å². The number of rotatable bonds is 6. The maximum absolute atomic E-state index is 5.75. The summed E-state index contributed by atoms with van der Waals surface area (Å²) >= 11 is 0. The van der Waals surface area contributed by atoms with E-state index in [-0.39, 0.29) is 0 Å². The highest BCUT2D eigenvalue weighted by molar-refractivity contribution is 5.39. The highest BCUT2D eigenvalue weighted by atomic mass is 16.4. The topological polar surface area (TPSA) is 71.2 Å². The summed E-state index contributed by atoms with van der Waals surface area (Å²) in [6.07, 6.45) is 6.46. The molecule has 0 unspecified atom stereocenters. The molecule has 0 amide bonds. The maximum Gasteiger partial charge on any atom is 0.230 e. The van der Waals surface area contributed by atoms with Gasteiger partial charge in [0.1, 0.15) is 0 Å². The van der Waals surface area contributed by atoms with Crippen LogP contribution in [0.5, 0.6) is 0 Å². The van der Waals surface area contributed by atoms with E-state index in [4.69, 9.17) is 4.42 Å². The van der Waals surface area contributed by atoms with E-state index in [9.17, 15) is 0 Å². The van der Waals surface area contributed by atoms with Gasteiger partial charge in [0.05, 0.1) is 6.54 Å². The van der Waals surface area contributed by atoms with E-state index in [1.807, 2.05) is 12.1 Å². The SMILES string of the molecule is CN(Cc1nnc(C2CC2)o1)C[C@H]1CCCN1c1cccnn1. The molecule has 3 heterocycles. The lowest BCUT2D eigenvalue weighted by Gasteiger charge is -2.28. The van der Waals surface area contributed by atoms with Crippen molar-refractivity contribution in [2.45, 2.75) is 44.2 Å². The van der Waals surface area contributed by atoms with Crippen LogP contribution in [0.2, 0.25) is 0 Å². The first kappa shape index (κ1) is 14.6. The van der Waals surface area contributed by atoms with Crippen LogP contribution >= 0.6 is 0 Å². The smallest absolute Gasteiger partial charge is 0.230 e. The number of nitrogens with zero attached hydrogens (tertiary/aromatic N) is 6. The van der Waals surface area contributed by atoms with Crippen LogP contribution in [0.3, 0.4) is 0 Å². The molecule has 0 spiro atoms. The van der Waals surface area contributed by atoms with E-state index in [1.165, 1.54) is 25.7 Å². The maximum atomic E-state index is 5.75. The minimum atomic E-state index is 0.461. The van der Waals surface area contributed by atoms with Gasteiger partial charge in [-0.1, -0.05) is 0 Å². The van der Waals surface area contributed by atoms with Crippen LogP contribution in [0.25, 0.3) is 0 Å². The van der Waals surface area contributed by atoms with Crippen molar-refractivity contribution in [2.24, 2.45) is 0 Å². The van der Waals surface area contributed by atoms with E-state index in [0.717, 1.165) is 30.7 Å². The lowest BCUT2D eigenvalue weighted by atomic mass is 10.2. The Morgan fingerprint density at radius 3 is 2.96 bits per heavy atom. The molecule has 7 nitrogen and oxygen atoms in total. The molecule has 1 atom stereocenters. The van der Waals surface area contributed by atoms with Crippen LogP contribution in [-0.2, 0) is 6.54 Å². The molecule has 2 fully saturated rings. The molecule has 0 aromatic carbocycles. The van der Waals surface area contributed by atoms with Gasteiger partial charge in [-0.2, -0.15) is 5.10 Å². The molecule has 4 rings (SSSR count). The van der Waals surface area contributed by atoms with Gasteiger partial charge < -0.3 is 9.32 Å². The summed E-state index contributed by atoms with van der Waals surface area (Å²) in [7, 11) is 2.11. The van der Waals surface area contributed by atoms with Gasteiger partial charge in [-0.3, -0.25) is 4.90 Å². The zero-order chi connectivity index (χ0) is 15.6. The number of hydrogen-bond acceptors (Lipinski definition) is 7. The molecule has 23 heavy (non-hydrogen) atoms. The fourth-order valence-electron chi connectivity index (χ4n) is 3.25. The van der Waals surface area contributed by atoms with Gasteiger partial charge in [0.25, 0.3) is 0 Å². The number of aromatic nitrogens is 4. The lowest BCUT2D eigenvalue weighted by molar-refractivity contribution is 0.268. The highest BCUT2D eigenvalue weighted by Gasteiger charge is 2.30. The Balaban J connectivity index is 1.36. The Hall–Kier alpha value is -2.02. The van der Waals surface area contributed by atoms with E-state index in [0.29, 0.717) is 18.5 Å². The van der Waals surface area contributed by atoms with E-state index < -0.39 is 0 Å². The molecule has 0 bridgehead atoms. The summed E-state index contributed by atoms with van der Waals surface area (Å²) in [5, 5.41) is 16.6. The van der Waals surface area contributed by atoms with Gasteiger partial charge in [0.15, 0.2) is 5.82 Å². The predicted molar refractivity (Wildman–Crippen MR) is 85.0 cm³/mol. The highest BCUT2D eigenvalue weighted by Crippen LogP contribution is 2.39. The van der Waals surface area contributed by atoms with Gasteiger partial charge >= 0.3 is 0 Å². The van der Waals surface area contributed by atoms with Crippen LogP contribution in [0.1, 0.15) is 43.4 Å². The van der Waals surface area contributed by atoms with Crippen LogP contribution < -0.4 is 4.90 Å². The van der Waals surface area contributed by atoms with Crippen molar-refractivity contribution < 1.29 is 4.42 Å². The normalized spacial score (nSPS) is 21.3. The quantitative estimate of drug-likeness (QED) is 0.805. The summed E-state index contributed by atoms with van der Waals surface area (Å²) in [5.41, 5.74) is 0. The average molecular weight is 314 g/mol. The predicted octanol–water partition coefficient (Wildman–Crippen LogP) is 1.84. The van der Waals surface area contributed by atoms with Crippen molar-refractivity contribution >= 4 is 5.82 Å². The zero-order valence-corrected chi connectivity index (χ0v) is 13.4. The lowest BCUT2D eigenvalue weighted by Crippen LogP contribution is -2.39. The van der Waals surface area contributed by atoms with Gasteiger partial charge in [-0.15, -0.1) is 15.3 Å². The molecule has 1 aliphatic carbocycles. The molecule has 1 aliphatic heterocycles. The number of anilines is 1. The van der Waals surface area contributed by atoms with E-state index in [2.05, 4.69) is 37.2 Å². The molecule has 2 aromatic heterocycles. The molecule has 1 saturated carbocycles. The second kappa shape index (κ2) is 6.23. The van der Waals surface area contributed by atoms with Crippen LogP contribution in [0, 0.1) is 0 Å². The van der Waals surface area contributed by atoms with Crippen molar-refractivity contribution in [1.82, 2.24) is 25.3 Å². The Morgan fingerprint density at radius 1 is 1.26 bits per heavy atom. The Kier molecular flexibility index (Phi) is 3.95. The molecule has 0 radical (unpaired) electrons. The monoisotopic (exact) mass is 314 g/mol. The van der Waals surface area contributed by atoms with Crippen molar-refractivity contribution in [3.05, 3.63) is 30.1 Å². The summed E-state index contributed by atoms with van der Waals surface area (Å²) in [6, 6.07) is 4.44. The van der Waals surface area contributed by atoms with Crippen molar-refractivity contribution in [3.63, 3.8) is 0 Å². The van der Waals surface area contributed by atoms with Gasteiger partial charge in [-0.05, 0) is 44.9 Å². The van der Waals surface area contributed by atoms with Crippen molar-refractivity contribution in [2.75, 3.05) is 25.0 Å². The first-order chi connectivity index (χ1) is 11.3. The Labute approximate surface area is 135 Å². The summed E-state index contributed by atoms with van der Waals surface area (Å²) < 4.78 is 5.75. The third-order valence-electron chi connectivity index (χ3n) is 4.57. The third-order valence-corrected chi connectivity index (χ3v) is 4.57. The minimum absolute atomic E-state index is 0.461. The number of likely N-dealkylation sites (N-methyl/N-ethyl adjacent to an activating group) is 1. The van der Waals surface area contributed by atoms with Crippen molar-refractivity contribution in [3.8, 4) is 0 Å². The molecular formula is C16H22N6O. The molecular weight excluding hydrogens is 292 g/mol. The first-order valence-electron chi connectivity index (χ1n) is 8.35. The van der Waals surface area contributed by atoms with Crippen LogP contribution in [-0.4, -0.2) is 51.5 Å². The summed E-state index contributed by atoms with van der Waals surface area (Å²) in [4.78, 5) is 4.61. The summed E-state index contributed by atoms with van der Waals surface area (Å²) in [5.74, 6) is 3.02. The minimum Gasteiger partial charge on any atom is -0.424 e. The Morgan fingerprint density at radius 2 is 2.17 bits per heavy atom. The van der Waals surface area contributed by atoms with E-state index >= 15 is 0 Å². The van der Waals surface area contributed by atoms with E-state index in [1.54, 1.807) is 6.20 Å². The molecule has 2 aromatic rings. The van der Waals surface area contributed by atoms with Gasteiger partial charge in [0, 0.05) is 31.2 Å². The number of hydrogen-bond donors (Lipinski definition) is 0. The van der Waals surface area contributed by atoms with Gasteiger partial charge in [0.2, 0.25) is 11.8 Å². The second-order valence-corrected chi connectivity index (χ2v) is 6.58. The second-order valence-electron chi connectivity index (χ2n) is 6.58. The standard InChI is InChI=1S/C16H22N6O/c1-21(11-15-19-20-16(23-15)12-6-7-12)10-13-4-3-9-22(13)14-5-2-8-17-18-14/h2,5,8,12-13H,3-4,6-7,9-11H2,1H3/t13-/m1/s1. The third kappa shape index (κ3) is 3.34. The molecule has 1 saturated heterocycles. The average Bonchev–Trinajstić information content (AvgIpc) is 3.14. The fourth-order valence-corrected chi connectivity index (χ4v) is 3.25. The summed E-state index contributed by atoms with van der Waals surface area (Å²) in [6.45, 7) is 2.70. The first-order valence-corrected chi connectivity index (χ1v) is 8.35. The van der Waals surface area contributed by atoms with Crippen LogP contribution in [0.4, 0.5) is 5.82 Å². The largest absolute Gasteiger partial charge is 0.424 e. The molecule has 0 N–H and O–H groups in total. The fraction of sp³-hybridized carbons (Fsp3) is 0.625.